The quantitative estimate of drug-likeness (QED) is 0.553. The van der Waals surface area contributed by atoms with Crippen molar-refractivity contribution in [3.05, 3.63) is 40.3 Å². The smallest absolute Gasteiger partial charge is 0.268 e. The van der Waals surface area contributed by atoms with Gasteiger partial charge in [0, 0.05) is 36.5 Å². The lowest BCUT2D eigenvalue weighted by molar-refractivity contribution is -0.114. The van der Waals surface area contributed by atoms with E-state index in [2.05, 4.69) is 22.5 Å². The Morgan fingerprint density at radius 2 is 2.04 bits per heavy atom. The fraction of sp³-hybridized carbons (Fsp3) is 0.368. The lowest BCUT2D eigenvalue weighted by Gasteiger charge is -2.12. The van der Waals surface area contributed by atoms with E-state index in [0.717, 1.165) is 17.0 Å². The van der Waals surface area contributed by atoms with E-state index in [1.807, 2.05) is 6.92 Å². The van der Waals surface area contributed by atoms with Gasteiger partial charge in [0.2, 0.25) is 11.8 Å². The van der Waals surface area contributed by atoms with Crippen LogP contribution in [-0.4, -0.2) is 32.4 Å². The zero-order valence-electron chi connectivity index (χ0n) is 15.9. The van der Waals surface area contributed by atoms with Crippen LogP contribution >= 0.6 is 23.5 Å². The number of fused-ring (bicyclic) bond motifs is 1. The molecule has 2 N–H and O–H groups in total. The second-order valence-corrected chi connectivity index (χ2v) is 8.84. The van der Waals surface area contributed by atoms with Gasteiger partial charge in [-0.1, -0.05) is 24.8 Å². The Bertz CT molecular complexity index is 974. The van der Waals surface area contributed by atoms with Gasteiger partial charge in [0.05, 0.1) is 16.3 Å². The third kappa shape index (κ3) is 4.77. The maximum absolute atomic E-state index is 12.7. The summed E-state index contributed by atoms with van der Waals surface area (Å²) in [7, 11) is 0. The van der Waals surface area contributed by atoms with Crippen LogP contribution in [-0.2, 0) is 22.6 Å². The number of nitrogens with one attached hydrogen (secondary N) is 2. The summed E-state index contributed by atoms with van der Waals surface area (Å²) in [6.07, 6.45) is 0.773. The fourth-order valence-corrected chi connectivity index (χ4v) is 4.92. The lowest BCUT2D eigenvalue weighted by Crippen LogP contribution is -2.25. The summed E-state index contributed by atoms with van der Waals surface area (Å²) < 4.78 is 1.62. The highest BCUT2D eigenvalue weighted by atomic mass is 32.2. The molecule has 28 heavy (non-hydrogen) atoms. The molecule has 0 bridgehead atoms. The van der Waals surface area contributed by atoms with E-state index in [-0.39, 0.29) is 23.1 Å². The summed E-state index contributed by atoms with van der Waals surface area (Å²) in [6.45, 7) is 5.92. The lowest BCUT2D eigenvalue weighted by atomic mass is 10.2. The molecule has 1 atom stereocenters. The van der Waals surface area contributed by atoms with E-state index in [1.54, 1.807) is 40.6 Å². The monoisotopic (exact) mass is 418 g/mol. The predicted octanol–water partition coefficient (Wildman–Crippen LogP) is 2.99. The van der Waals surface area contributed by atoms with Gasteiger partial charge in [0.1, 0.15) is 0 Å². The maximum atomic E-state index is 12.7. The van der Waals surface area contributed by atoms with Gasteiger partial charge in [-0.15, -0.1) is 11.8 Å². The number of aromatic nitrogens is 2. The molecule has 0 radical (unpaired) electrons. The predicted molar refractivity (Wildman–Crippen MR) is 113 cm³/mol. The Hall–Kier alpha value is -2.26. The van der Waals surface area contributed by atoms with Gasteiger partial charge >= 0.3 is 0 Å². The first-order valence-electron chi connectivity index (χ1n) is 8.98. The van der Waals surface area contributed by atoms with Crippen LogP contribution in [0.3, 0.4) is 0 Å². The van der Waals surface area contributed by atoms with E-state index in [4.69, 9.17) is 0 Å². The zero-order valence-corrected chi connectivity index (χ0v) is 17.6. The van der Waals surface area contributed by atoms with E-state index in [9.17, 15) is 14.4 Å². The molecule has 0 fully saturated rings. The standard InChI is InChI=1S/C19H22N4O3S2/c1-4-23-18(26)17-15(8-11(2)28-17)22-19(23)27-10-16(25)21-14-7-5-6-13(9-14)20-12(3)24/h5-7,9,11H,4,8,10H2,1-3H3,(H,20,24)(H,21,25). The largest absolute Gasteiger partial charge is 0.326 e. The molecule has 1 unspecified atom stereocenters. The summed E-state index contributed by atoms with van der Waals surface area (Å²) >= 11 is 2.83. The number of anilines is 2. The number of rotatable bonds is 6. The van der Waals surface area contributed by atoms with Crippen LogP contribution in [0.4, 0.5) is 11.4 Å². The number of hydrogen-bond donors (Lipinski definition) is 2. The molecule has 0 saturated carbocycles. The van der Waals surface area contributed by atoms with Crippen LogP contribution in [0.2, 0.25) is 0 Å². The van der Waals surface area contributed by atoms with Gasteiger partial charge in [0.15, 0.2) is 5.16 Å². The molecule has 2 amide bonds. The number of hydrogen-bond acceptors (Lipinski definition) is 6. The molecule has 2 heterocycles. The van der Waals surface area contributed by atoms with Gasteiger partial charge in [-0.3, -0.25) is 19.0 Å². The first kappa shape index (κ1) is 20.5. The molecule has 0 saturated heterocycles. The molecule has 2 aromatic rings. The van der Waals surface area contributed by atoms with Crippen LogP contribution in [0.15, 0.2) is 39.1 Å². The molecule has 1 aliphatic heterocycles. The van der Waals surface area contributed by atoms with Crippen molar-refractivity contribution < 1.29 is 9.59 Å². The number of carbonyl (C=O) groups excluding carboxylic acids is 2. The number of nitrogens with zero attached hydrogens (tertiary/aromatic N) is 2. The van der Waals surface area contributed by atoms with Crippen molar-refractivity contribution in [3.63, 3.8) is 0 Å². The fourth-order valence-electron chi connectivity index (χ4n) is 2.93. The van der Waals surface area contributed by atoms with Gasteiger partial charge < -0.3 is 10.6 Å². The number of carbonyl (C=O) groups is 2. The van der Waals surface area contributed by atoms with Gasteiger partial charge in [0.25, 0.3) is 5.56 Å². The normalized spacial score (nSPS) is 15.2. The third-order valence-corrected chi connectivity index (χ3v) is 6.27. The first-order chi connectivity index (χ1) is 13.4. The number of thioether (sulfide) groups is 2. The topological polar surface area (TPSA) is 93.1 Å². The van der Waals surface area contributed by atoms with Crippen molar-refractivity contribution in [1.82, 2.24) is 9.55 Å². The minimum absolute atomic E-state index is 0.0206. The van der Waals surface area contributed by atoms with Crippen LogP contribution in [0.25, 0.3) is 0 Å². The second-order valence-electron chi connectivity index (χ2n) is 6.45. The Balaban J connectivity index is 1.68. The van der Waals surface area contributed by atoms with Crippen molar-refractivity contribution in [3.8, 4) is 0 Å². The van der Waals surface area contributed by atoms with E-state index in [1.165, 1.54) is 18.7 Å². The number of benzene rings is 1. The highest BCUT2D eigenvalue weighted by Crippen LogP contribution is 2.34. The average Bonchev–Trinajstić information content (AvgIpc) is 3.00. The minimum atomic E-state index is -0.204. The SMILES string of the molecule is CCn1c(SCC(=O)Nc2cccc(NC(C)=O)c2)nc2c(c1=O)SC(C)C2. The Morgan fingerprint density at radius 1 is 1.32 bits per heavy atom. The summed E-state index contributed by atoms with van der Waals surface area (Å²) in [5.41, 5.74) is 2.02. The van der Waals surface area contributed by atoms with Gasteiger partial charge in [-0.25, -0.2) is 4.98 Å². The highest BCUT2D eigenvalue weighted by Gasteiger charge is 2.26. The van der Waals surface area contributed by atoms with Gasteiger partial charge in [-0.2, -0.15) is 0 Å². The Morgan fingerprint density at radius 3 is 2.71 bits per heavy atom. The van der Waals surface area contributed by atoms with Crippen molar-refractivity contribution in [2.75, 3.05) is 16.4 Å². The van der Waals surface area contributed by atoms with E-state index in [0.29, 0.717) is 28.3 Å². The first-order valence-corrected chi connectivity index (χ1v) is 10.8. The average molecular weight is 419 g/mol. The summed E-state index contributed by atoms with van der Waals surface area (Å²) in [5.74, 6) is -0.241. The van der Waals surface area contributed by atoms with Crippen molar-refractivity contribution in [1.29, 1.82) is 0 Å². The third-order valence-electron chi connectivity index (χ3n) is 4.08. The second kappa shape index (κ2) is 8.83. The van der Waals surface area contributed by atoms with E-state index < -0.39 is 0 Å². The van der Waals surface area contributed by atoms with Crippen LogP contribution < -0.4 is 16.2 Å². The molecule has 1 aliphatic rings. The molecule has 9 heteroatoms. The Labute approximate surface area is 171 Å². The van der Waals surface area contributed by atoms with Crippen molar-refractivity contribution in [2.24, 2.45) is 0 Å². The molecule has 1 aromatic carbocycles. The summed E-state index contributed by atoms with van der Waals surface area (Å²) in [5, 5.41) is 6.41. The maximum Gasteiger partial charge on any atom is 0.268 e. The van der Waals surface area contributed by atoms with E-state index >= 15 is 0 Å². The molecular formula is C19H22N4O3S2. The van der Waals surface area contributed by atoms with Crippen LogP contribution in [0.1, 0.15) is 26.5 Å². The molecule has 0 aliphatic carbocycles. The van der Waals surface area contributed by atoms with Gasteiger partial charge in [-0.05, 0) is 25.1 Å². The molecular weight excluding hydrogens is 396 g/mol. The molecule has 0 spiro atoms. The number of amides is 2. The molecule has 1 aromatic heterocycles. The molecule has 3 rings (SSSR count). The summed E-state index contributed by atoms with van der Waals surface area (Å²) in [4.78, 5) is 41.6. The highest BCUT2D eigenvalue weighted by molar-refractivity contribution is 8.00. The van der Waals surface area contributed by atoms with Crippen LogP contribution in [0.5, 0.6) is 0 Å². The summed E-state index contributed by atoms with van der Waals surface area (Å²) in [6, 6.07) is 6.95. The Kier molecular flexibility index (Phi) is 6.46. The molecule has 148 valence electrons. The minimum Gasteiger partial charge on any atom is -0.326 e. The van der Waals surface area contributed by atoms with Crippen LogP contribution in [0, 0.1) is 0 Å². The molecule has 7 nitrogen and oxygen atoms in total. The van der Waals surface area contributed by atoms with Crippen molar-refractivity contribution >= 4 is 46.7 Å². The van der Waals surface area contributed by atoms with Crippen molar-refractivity contribution in [2.45, 2.75) is 49.0 Å². The zero-order chi connectivity index (χ0) is 20.3.